The molecule has 2 atom stereocenters. The molecule has 0 heterocycles. The van der Waals surface area contributed by atoms with Crippen molar-refractivity contribution in [3.63, 3.8) is 0 Å². The lowest BCUT2D eigenvalue weighted by Crippen LogP contribution is -2.29. The Balaban J connectivity index is 2.78. The Hall–Kier alpha value is -1.55. The van der Waals surface area contributed by atoms with Crippen molar-refractivity contribution < 1.29 is 19.4 Å². The maximum absolute atomic E-state index is 11.8. The topological polar surface area (TPSA) is 55.8 Å². The minimum Gasteiger partial charge on any atom is -0.479 e. The number of carbonyl (C=O) groups is 1. The molecule has 0 saturated carbocycles. The zero-order valence-electron chi connectivity index (χ0n) is 11.8. The van der Waals surface area contributed by atoms with Crippen molar-refractivity contribution in [1.29, 1.82) is 0 Å². The number of rotatable bonds is 7. The number of carbonyl (C=O) groups excluding carboxylic acids is 1. The Labute approximate surface area is 114 Å². The summed E-state index contributed by atoms with van der Waals surface area (Å²) in [7, 11) is 0. The van der Waals surface area contributed by atoms with Gasteiger partial charge in [-0.25, -0.2) is 4.79 Å². The number of aliphatic hydroxyl groups excluding tert-OH is 1. The third kappa shape index (κ3) is 4.91. The molecule has 1 rings (SSSR count). The number of hydrogen-bond acceptors (Lipinski definition) is 4. The van der Waals surface area contributed by atoms with Crippen molar-refractivity contribution in [2.45, 2.75) is 45.8 Å². The van der Waals surface area contributed by atoms with Gasteiger partial charge in [0.2, 0.25) is 0 Å². The van der Waals surface area contributed by atoms with Crippen LogP contribution in [0.1, 0.15) is 45.3 Å². The van der Waals surface area contributed by atoms with Crippen LogP contribution in [0.5, 0.6) is 5.75 Å². The SMILES string of the molecule is CCCC(Oc1cccc(C(C)O)c1)C(=O)OCC. The molecular formula is C15H22O4. The molecule has 0 saturated heterocycles. The Bertz CT molecular complexity index is 401. The lowest BCUT2D eigenvalue weighted by atomic mass is 10.1. The highest BCUT2D eigenvalue weighted by molar-refractivity contribution is 5.75. The quantitative estimate of drug-likeness (QED) is 0.771. The molecule has 0 spiro atoms. The molecule has 0 aliphatic heterocycles. The van der Waals surface area contributed by atoms with E-state index in [9.17, 15) is 9.90 Å². The maximum Gasteiger partial charge on any atom is 0.347 e. The largest absolute Gasteiger partial charge is 0.479 e. The van der Waals surface area contributed by atoms with E-state index in [-0.39, 0.29) is 5.97 Å². The van der Waals surface area contributed by atoms with E-state index in [1.165, 1.54) is 0 Å². The molecular weight excluding hydrogens is 244 g/mol. The summed E-state index contributed by atoms with van der Waals surface area (Å²) in [6.45, 7) is 5.79. The van der Waals surface area contributed by atoms with E-state index >= 15 is 0 Å². The van der Waals surface area contributed by atoms with Crippen molar-refractivity contribution in [1.82, 2.24) is 0 Å². The minimum atomic E-state index is -0.589. The van der Waals surface area contributed by atoms with Crippen molar-refractivity contribution in [2.75, 3.05) is 6.61 Å². The van der Waals surface area contributed by atoms with E-state index in [2.05, 4.69) is 0 Å². The molecule has 2 unspecified atom stereocenters. The van der Waals surface area contributed by atoms with Crippen LogP contribution < -0.4 is 4.74 Å². The minimum absolute atomic E-state index is 0.341. The summed E-state index contributed by atoms with van der Waals surface area (Å²) in [4.78, 5) is 11.8. The van der Waals surface area contributed by atoms with E-state index in [1.54, 1.807) is 32.0 Å². The van der Waals surface area contributed by atoms with Crippen molar-refractivity contribution in [3.05, 3.63) is 29.8 Å². The van der Waals surface area contributed by atoms with Crippen LogP contribution in [0.25, 0.3) is 0 Å². The van der Waals surface area contributed by atoms with Gasteiger partial charge in [0.25, 0.3) is 0 Å². The van der Waals surface area contributed by atoms with E-state index in [0.29, 0.717) is 18.8 Å². The first-order valence-corrected chi connectivity index (χ1v) is 6.69. The summed E-state index contributed by atoms with van der Waals surface area (Å²) in [5, 5.41) is 9.53. The predicted molar refractivity (Wildman–Crippen MR) is 73.0 cm³/mol. The van der Waals surface area contributed by atoms with Gasteiger partial charge >= 0.3 is 5.97 Å². The zero-order valence-corrected chi connectivity index (χ0v) is 11.8. The van der Waals surface area contributed by atoms with Crippen molar-refractivity contribution in [3.8, 4) is 5.75 Å². The molecule has 4 nitrogen and oxygen atoms in total. The van der Waals surface area contributed by atoms with Crippen LogP contribution in [0, 0.1) is 0 Å². The van der Waals surface area contributed by atoms with Gasteiger partial charge in [-0.2, -0.15) is 0 Å². The first-order chi connectivity index (χ1) is 9.08. The Morgan fingerprint density at radius 2 is 2.11 bits per heavy atom. The van der Waals surface area contributed by atoms with Gasteiger partial charge in [0.15, 0.2) is 6.10 Å². The fourth-order valence-corrected chi connectivity index (χ4v) is 1.73. The normalized spacial score (nSPS) is 13.7. The number of aliphatic hydroxyl groups is 1. The first-order valence-electron chi connectivity index (χ1n) is 6.69. The number of benzene rings is 1. The molecule has 4 heteroatoms. The van der Waals surface area contributed by atoms with Crippen LogP contribution >= 0.6 is 0 Å². The molecule has 1 N–H and O–H groups in total. The number of ether oxygens (including phenoxy) is 2. The average Bonchev–Trinajstić information content (AvgIpc) is 2.39. The Kier molecular flexibility index (Phi) is 6.36. The second kappa shape index (κ2) is 7.79. The maximum atomic E-state index is 11.8. The standard InChI is InChI=1S/C15H22O4/c1-4-7-14(15(17)18-5-2)19-13-9-6-8-12(10-13)11(3)16/h6,8-11,14,16H,4-5,7H2,1-3H3. The fourth-order valence-electron chi connectivity index (χ4n) is 1.73. The van der Waals surface area contributed by atoms with Gasteiger partial charge in [0, 0.05) is 0 Å². The summed E-state index contributed by atoms with van der Waals surface area (Å²) >= 11 is 0. The van der Waals surface area contributed by atoms with Crippen LogP contribution in [0.2, 0.25) is 0 Å². The molecule has 0 fully saturated rings. The number of hydrogen-bond donors (Lipinski definition) is 1. The second-order valence-corrected chi connectivity index (χ2v) is 4.40. The molecule has 0 bridgehead atoms. The van der Waals surface area contributed by atoms with Gasteiger partial charge in [0.05, 0.1) is 12.7 Å². The molecule has 106 valence electrons. The summed E-state index contributed by atoms with van der Waals surface area (Å²) < 4.78 is 10.7. The van der Waals surface area contributed by atoms with Crippen molar-refractivity contribution in [2.24, 2.45) is 0 Å². The van der Waals surface area contributed by atoms with E-state index in [4.69, 9.17) is 9.47 Å². The van der Waals surface area contributed by atoms with Gasteiger partial charge in [-0.3, -0.25) is 0 Å². The molecule has 1 aromatic rings. The highest BCUT2D eigenvalue weighted by Crippen LogP contribution is 2.21. The molecule has 0 amide bonds. The average molecular weight is 266 g/mol. The highest BCUT2D eigenvalue weighted by atomic mass is 16.6. The fraction of sp³-hybridized carbons (Fsp3) is 0.533. The number of esters is 1. The Morgan fingerprint density at radius 1 is 1.37 bits per heavy atom. The third-order valence-corrected chi connectivity index (χ3v) is 2.72. The highest BCUT2D eigenvalue weighted by Gasteiger charge is 2.21. The molecule has 0 aliphatic carbocycles. The van der Waals surface area contributed by atoms with E-state index in [1.807, 2.05) is 13.0 Å². The molecule has 0 aromatic heterocycles. The third-order valence-electron chi connectivity index (χ3n) is 2.72. The summed E-state index contributed by atoms with van der Waals surface area (Å²) in [6, 6.07) is 7.13. The molecule has 19 heavy (non-hydrogen) atoms. The molecule has 1 aromatic carbocycles. The second-order valence-electron chi connectivity index (χ2n) is 4.40. The van der Waals surface area contributed by atoms with Gasteiger partial charge in [0.1, 0.15) is 5.75 Å². The molecule has 0 radical (unpaired) electrons. The van der Waals surface area contributed by atoms with Gasteiger partial charge < -0.3 is 14.6 Å². The zero-order chi connectivity index (χ0) is 14.3. The van der Waals surface area contributed by atoms with Crippen LogP contribution in [0.3, 0.4) is 0 Å². The summed E-state index contributed by atoms with van der Waals surface area (Å²) in [5.41, 5.74) is 0.761. The van der Waals surface area contributed by atoms with Crippen molar-refractivity contribution >= 4 is 5.97 Å². The Morgan fingerprint density at radius 3 is 2.68 bits per heavy atom. The van der Waals surface area contributed by atoms with Crippen LogP contribution in [-0.2, 0) is 9.53 Å². The smallest absolute Gasteiger partial charge is 0.347 e. The summed E-state index contributed by atoms with van der Waals surface area (Å²) in [5.74, 6) is 0.233. The van der Waals surface area contributed by atoms with E-state index < -0.39 is 12.2 Å². The lowest BCUT2D eigenvalue weighted by Gasteiger charge is -2.17. The summed E-state index contributed by atoms with van der Waals surface area (Å²) in [6.07, 6.45) is 0.294. The van der Waals surface area contributed by atoms with Crippen LogP contribution in [-0.4, -0.2) is 23.8 Å². The lowest BCUT2D eigenvalue weighted by molar-refractivity contribution is -0.151. The van der Waals surface area contributed by atoms with Crippen LogP contribution in [0.15, 0.2) is 24.3 Å². The van der Waals surface area contributed by atoms with Gasteiger partial charge in [-0.15, -0.1) is 0 Å². The monoisotopic (exact) mass is 266 g/mol. The molecule has 0 aliphatic rings. The first kappa shape index (κ1) is 15.5. The van der Waals surface area contributed by atoms with Crippen LogP contribution in [0.4, 0.5) is 0 Å². The van der Waals surface area contributed by atoms with E-state index in [0.717, 1.165) is 12.0 Å². The van der Waals surface area contributed by atoms with Gasteiger partial charge in [-0.1, -0.05) is 25.5 Å². The predicted octanol–water partition coefficient (Wildman–Crippen LogP) is 2.85. The van der Waals surface area contributed by atoms with Gasteiger partial charge in [-0.05, 0) is 38.0 Å².